The van der Waals surface area contributed by atoms with E-state index in [-0.39, 0.29) is 85.6 Å². The predicted octanol–water partition coefficient (Wildman–Crippen LogP) is 7.56. The van der Waals surface area contributed by atoms with Crippen LogP contribution in [-0.4, -0.2) is 112 Å². The van der Waals surface area contributed by atoms with Crippen LogP contribution in [0.4, 0.5) is 0 Å². The van der Waals surface area contributed by atoms with Gasteiger partial charge >= 0.3 is 11.9 Å². The predicted molar refractivity (Wildman–Crippen MR) is 301 cm³/mol. The number of benzene rings is 2. The molecule has 0 saturated heterocycles. The van der Waals surface area contributed by atoms with Gasteiger partial charge < -0.3 is 29.9 Å². The number of aliphatic hydroxyl groups excluding tert-OH is 2. The van der Waals surface area contributed by atoms with Gasteiger partial charge in [-0.2, -0.15) is 5.10 Å². The van der Waals surface area contributed by atoms with Gasteiger partial charge in [0.05, 0.1) is 30.7 Å². The van der Waals surface area contributed by atoms with Crippen LogP contribution in [0.5, 0.6) is 0 Å². The van der Waals surface area contributed by atoms with Gasteiger partial charge in [-0.15, -0.1) is 0 Å². The smallest absolute Gasteiger partial charge is 0.310 e. The van der Waals surface area contributed by atoms with E-state index >= 15 is 0 Å². The molecule has 0 spiro atoms. The highest BCUT2D eigenvalue weighted by atomic mass is 16.5. The van der Waals surface area contributed by atoms with Crippen molar-refractivity contribution >= 4 is 35.1 Å². The van der Waals surface area contributed by atoms with Gasteiger partial charge in [-0.1, -0.05) is 87.4 Å². The summed E-state index contributed by atoms with van der Waals surface area (Å²) >= 11 is 0. The van der Waals surface area contributed by atoms with Gasteiger partial charge in [0.2, 0.25) is 11.6 Å². The fraction of sp³-hybridized carbons (Fsp3) is 0.500. The van der Waals surface area contributed by atoms with E-state index in [0.29, 0.717) is 24.2 Å². The van der Waals surface area contributed by atoms with E-state index in [0.717, 1.165) is 59.2 Å². The Labute approximate surface area is 477 Å². The maximum absolute atomic E-state index is 13.5. The second kappa shape index (κ2) is 21.4. The number of nitrogens with zero attached hydrogens (tertiary/aromatic N) is 4. The van der Waals surface area contributed by atoms with Crippen molar-refractivity contribution in [3.05, 3.63) is 138 Å². The average Bonchev–Trinajstić information content (AvgIpc) is 4.16. The fourth-order valence-corrected chi connectivity index (χ4v) is 17.2. The van der Waals surface area contributed by atoms with Crippen LogP contribution in [0.2, 0.25) is 0 Å². The monoisotopic (exact) mass is 1110 g/mol. The number of aromatic nitrogens is 4. The Bertz CT molecular complexity index is 3360. The molecule has 0 aliphatic heterocycles. The molecule has 2 heterocycles. The SMILES string of the molecule is CC12C=CC(=O)C=C1CCC1C2[C@@H](O)CC2(C)C1CC[C@]2(O)C(=O)COC(=O)Cc1cccc(-c2ncccn2)c1.Cn1ccc(-c2cccc(CC(=O)OCC(=O)[C@@]3(O)CCC4C5CCC6=CC(=O)C=CC6(C)C5[C@@H](O)CC43C)c2)n1. The lowest BCUT2D eigenvalue weighted by Gasteiger charge is -2.59. The molecule has 0 radical (unpaired) electrons. The summed E-state index contributed by atoms with van der Waals surface area (Å²) in [4.78, 5) is 85.1. The molecular weight excluding hydrogens is 1040 g/mol. The van der Waals surface area contributed by atoms with Crippen LogP contribution >= 0.6 is 0 Å². The molecule has 430 valence electrons. The largest absolute Gasteiger partial charge is 0.457 e. The molecule has 10 unspecified atom stereocenters. The average molecular weight is 1120 g/mol. The normalized spacial score (nSPS) is 35.7. The van der Waals surface area contributed by atoms with Crippen LogP contribution in [0.3, 0.4) is 0 Å². The highest BCUT2D eigenvalue weighted by Crippen LogP contribution is 2.69. The number of ketones is 4. The Morgan fingerprint density at radius 1 is 0.634 bits per heavy atom. The van der Waals surface area contributed by atoms with Gasteiger partial charge in [-0.25, -0.2) is 9.97 Å². The highest BCUT2D eigenvalue weighted by molar-refractivity contribution is 6.02. The summed E-state index contributed by atoms with van der Waals surface area (Å²) in [5.74, 6) is -1.47. The van der Waals surface area contributed by atoms with E-state index in [1.807, 2.05) is 87.8 Å². The molecule has 14 atom stereocenters. The molecule has 8 aliphatic carbocycles. The third kappa shape index (κ3) is 9.70. The van der Waals surface area contributed by atoms with Crippen molar-refractivity contribution in [2.75, 3.05) is 13.2 Å². The number of aryl methyl sites for hydroxylation is 1. The van der Waals surface area contributed by atoms with E-state index < -0.39 is 81.8 Å². The molecule has 2 aromatic carbocycles. The lowest BCUT2D eigenvalue weighted by molar-refractivity contribution is -0.181. The zero-order valence-electron chi connectivity index (χ0n) is 47.3. The summed E-state index contributed by atoms with van der Waals surface area (Å²) in [6, 6.07) is 18.4. The number of Topliss-reactive ketones (excluding diaryl/α,β-unsaturated/α-hetero) is 2. The van der Waals surface area contributed by atoms with Crippen molar-refractivity contribution < 1.29 is 58.7 Å². The number of rotatable bonds is 12. The van der Waals surface area contributed by atoms with Gasteiger partial charge in [-0.3, -0.25) is 33.4 Å². The number of ether oxygens (including phenoxy) is 2. The highest BCUT2D eigenvalue weighted by Gasteiger charge is 2.70. The molecule has 8 aliphatic rings. The Morgan fingerprint density at radius 2 is 1.10 bits per heavy atom. The number of aliphatic hydroxyl groups is 4. The lowest BCUT2D eigenvalue weighted by Crippen LogP contribution is -2.61. The number of carbonyl (C=O) groups is 6. The van der Waals surface area contributed by atoms with Crippen LogP contribution in [0, 0.1) is 57.2 Å². The van der Waals surface area contributed by atoms with Crippen LogP contribution < -0.4 is 0 Å². The third-order valence-electron chi connectivity index (χ3n) is 21.3. The van der Waals surface area contributed by atoms with Crippen molar-refractivity contribution in [2.24, 2.45) is 64.2 Å². The van der Waals surface area contributed by atoms with Gasteiger partial charge in [-0.05, 0) is 148 Å². The van der Waals surface area contributed by atoms with Crippen molar-refractivity contribution in [1.29, 1.82) is 0 Å². The van der Waals surface area contributed by atoms with Crippen molar-refractivity contribution in [1.82, 2.24) is 19.7 Å². The molecule has 12 rings (SSSR count). The van der Waals surface area contributed by atoms with E-state index in [1.54, 1.807) is 53.5 Å². The first-order valence-corrected chi connectivity index (χ1v) is 29.0. The Morgan fingerprint density at radius 3 is 1.56 bits per heavy atom. The number of allylic oxidation sites excluding steroid dienone is 8. The maximum atomic E-state index is 13.5. The van der Waals surface area contributed by atoms with Crippen molar-refractivity contribution in [2.45, 2.75) is 128 Å². The second-order valence-corrected chi connectivity index (χ2v) is 25.6. The number of carbonyl (C=O) groups excluding carboxylic acids is 6. The second-order valence-electron chi connectivity index (χ2n) is 25.6. The van der Waals surface area contributed by atoms with Gasteiger partial charge in [0.25, 0.3) is 0 Å². The summed E-state index contributed by atoms with van der Waals surface area (Å²) in [7, 11) is 1.84. The summed E-state index contributed by atoms with van der Waals surface area (Å²) < 4.78 is 12.5. The van der Waals surface area contributed by atoms with Crippen LogP contribution in [0.15, 0.2) is 127 Å². The Hall–Kier alpha value is -6.85. The van der Waals surface area contributed by atoms with Crippen LogP contribution in [0.1, 0.15) is 103 Å². The minimum atomic E-state index is -1.69. The number of hydrogen-bond acceptors (Lipinski definition) is 15. The van der Waals surface area contributed by atoms with Gasteiger partial charge in [0.1, 0.15) is 11.2 Å². The molecule has 6 fully saturated rings. The van der Waals surface area contributed by atoms with E-state index in [4.69, 9.17) is 9.47 Å². The molecule has 4 N–H and O–H groups in total. The molecule has 16 nitrogen and oxygen atoms in total. The molecule has 2 aromatic heterocycles. The molecule has 0 amide bonds. The fourth-order valence-electron chi connectivity index (χ4n) is 17.2. The molecule has 16 heteroatoms. The summed E-state index contributed by atoms with van der Waals surface area (Å²) in [6.07, 6.45) is 19.7. The first kappa shape index (κ1) is 57.0. The molecule has 82 heavy (non-hydrogen) atoms. The van der Waals surface area contributed by atoms with Gasteiger partial charge in [0.15, 0.2) is 30.6 Å². The lowest BCUT2D eigenvalue weighted by atomic mass is 9.46. The van der Waals surface area contributed by atoms with E-state index in [9.17, 15) is 49.2 Å². The van der Waals surface area contributed by atoms with Crippen molar-refractivity contribution in [3.63, 3.8) is 0 Å². The molecule has 0 bridgehead atoms. The van der Waals surface area contributed by atoms with E-state index in [2.05, 4.69) is 28.9 Å². The van der Waals surface area contributed by atoms with Crippen LogP contribution in [-0.2, 0) is 58.1 Å². The first-order valence-electron chi connectivity index (χ1n) is 29.0. The topological polar surface area (TPSA) is 245 Å². The number of esters is 2. The summed E-state index contributed by atoms with van der Waals surface area (Å²) in [6.45, 7) is 7.01. The zero-order valence-corrected chi connectivity index (χ0v) is 47.3. The minimum Gasteiger partial charge on any atom is -0.457 e. The minimum absolute atomic E-state index is 0.000796. The summed E-state index contributed by atoms with van der Waals surface area (Å²) in [5.41, 5.74) is 0.164. The number of hydrogen-bond donors (Lipinski definition) is 4. The third-order valence-corrected chi connectivity index (χ3v) is 21.3. The van der Waals surface area contributed by atoms with Crippen LogP contribution in [0.25, 0.3) is 22.6 Å². The van der Waals surface area contributed by atoms with Gasteiger partial charge in [0, 0.05) is 70.3 Å². The first-order chi connectivity index (χ1) is 39.0. The Kier molecular flexibility index (Phi) is 14.9. The number of fused-ring (bicyclic) bond motifs is 10. The van der Waals surface area contributed by atoms with E-state index in [1.165, 1.54) is 0 Å². The maximum Gasteiger partial charge on any atom is 0.310 e. The summed E-state index contributed by atoms with van der Waals surface area (Å²) in [5, 5.41) is 51.2. The molecular formula is C66H74N4O12. The quantitative estimate of drug-likeness (QED) is 0.100. The standard InChI is InChI=1S/C33H38N2O6.C33H36N2O6/c1-31-12-9-23(36)17-22(31)7-8-24-25-10-13-33(40,32(25,2)18-27(37)30(24)31)28(38)19-41-29(39)16-20-5-4-6-21(15-20)26-11-14-35(3)34-26;1-31-11-9-23(36)17-22(31)7-8-24-25-10-12-33(40,32(25,2)18-26(37)29(24)31)27(38)19-41-28(39)16-20-5-3-6-21(15-20)30-34-13-4-14-35-30/h4-6,9,11-12,14-15,17,24-25,27,30,37,40H,7-8,10,13,16,18-19H2,1-3H3;3-6,9,11,13-15,17,24-26,29,37,40H,7-8,10,12,16,18-19H2,1-2H3/t24?,25?,27-,30?,31?,32?,33-;24?,25?,26-,29?,31?,32?,33-/m00/s1. The van der Waals surface area contributed by atoms with Crippen molar-refractivity contribution in [3.8, 4) is 22.6 Å². The molecule has 4 aromatic rings. The Balaban J connectivity index is 0.000000172. The zero-order chi connectivity index (χ0) is 58.1. The molecule has 6 saturated carbocycles.